The molecule has 0 saturated carbocycles. The molecule has 0 aromatic rings. The van der Waals surface area contributed by atoms with E-state index in [0.29, 0.717) is 17.8 Å². The first kappa shape index (κ1) is 20.6. The molecule has 0 N–H and O–H groups in total. The monoisotopic (exact) mass is 330 g/mol. The number of ether oxygens (including phenoxy) is 1. The maximum Gasteiger partial charge on any atom is 0.201 e. The van der Waals surface area contributed by atoms with Crippen LogP contribution in [0.3, 0.4) is 0 Å². The maximum atomic E-state index is 5.34. The van der Waals surface area contributed by atoms with E-state index in [1.54, 1.807) is 7.11 Å². The third kappa shape index (κ3) is 4.57. The minimum atomic E-state index is 0.251. The Labute approximate surface area is 149 Å². The summed E-state index contributed by atoms with van der Waals surface area (Å²) in [5, 5.41) is 0. The van der Waals surface area contributed by atoms with Crippen LogP contribution in [-0.4, -0.2) is 30.5 Å². The van der Waals surface area contributed by atoms with Crippen LogP contribution in [0.2, 0.25) is 0 Å². The summed E-state index contributed by atoms with van der Waals surface area (Å²) in [6.07, 6.45) is 9.18. The van der Waals surface area contributed by atoms with Gasteiger partial charge in [0, 0.05) is 25.2 Å². The first-order chi connectivity index (χ1) is 11.4. The maximum absolute atomic E-state index is 5.34. The van der Waals surface area contributed by atoms with Gasteiger partial charge in [0.25, 0.3) is 0 Å². The van der Waals surface area contributed by atoms with Crippen molar-refractivity contribution in [1.29, 1.82) is 0 Å². The lowest BCUT2D eigenvalue weighted by Gasteiger charge is -2.32. The highest BCUT2D eigenvalue weighted by molar-refractivity contribution is 5.66. The number of hydrogen-bond acceptors (Lipinski definition) is 1. The topological polar surface area (TPSA) is 12.2 Å². The SMILES string of the molecule is C=CC=[N+]1C(=C)C(=C(C)[C@H](C)[C@H](C)CC)CC(CCOC)C1C=C. The van der Waals surface area contributed by atoms with Crippen LogP contribution in [-0.2, 0) is 4.74 Å². The second-order valence-corrected chi connectivity index (χ2v) is 7.05. The van der Waals surface area contributed by atoms with E-state index in [1.807, 2.05) is 18.4 Å². The van der Waals surface area contributed by atoms with E-state index in [2.05, 4.69) is 52.0 Å². The molecule has 0 amide bonds. The Morgan fingerprint density at radius 2 is 2.04 bits per heavy atom. The number of piperidine rings is 1. The van der Waals surface area contributed by atoms with E-state index in [4.69, 9.17) is 4.74 Å². The molecule has 1 fully saturated rings. The van der Waals surface area contributed by atoms with Gasteiger partial charge in [-0.15, -0.1) is 0 Å². The van der Waals surface area contributed by atoms with Crippen LogP contribution in [0.5, 0.6) is 0 Å². The molecule has 2 unspecified atom stereocenters. The molecule has 134 valence electrons. The van der Waals surface area contributed by atoms with Crippen molar-refractivity contribution in [2.75, 3.05) is 13.7 Å². The summed E-state index contributed by atoms with van der Waals surface area (Å²) in [5.41, 5.74) is 3.97. The quantitative estimate of drug-likeness (QED) is 0.430. The lowest BCUT2D eigenvalue weighted by Crippen LogP contribution is -2.38. The van der Waals surface area contributed by atoms with Gasteiger partial charge in [-0.3, -0.25) is 0 Å². The summed E-state index contributed by atoms with van der Waals surface area (Å²) >= 11 is 0. The predicted molar refractivity (Wildman–Crippen MR) is 106 cm³/mol. The van der Waals surface area contributed by atoms with Crippen LogP contribution in [0.4, 0.5) is 0 Å². The third-order valence-corrected chi connectivity index (χ3v) is 5.79. The van der Waals surface area contributed by atoms with E-state index in [0.717, 1.165) is 25.1 Å². The number of nitrogens with zero attached hydrogens (tertiary/aromatic N) is 1. The second kappa shape index (κ2) is 9.78. The standard InChI is InChI=1S/C22H36NO/c1-9-13-23-19(7)21(18(6)17(5)16(4)10-2)15-20(12-14-24-8)22(23)11-3/h9,11,13,16-17,20,22H,1,3,7,10,12,14-15H2,2,4-6,8H3/q+1/t16-,17-,20?,22?/m1/s1. The molecule has 1 heterocycles. The van der Waals surface area contributed by atoms with Crippen LogP contribution in [0.25, 0.3) is 0 Å². The van der Waals surface area contributed by atoms with Gasteiger partial charge in [0.05, 0.1) is 0 Å². The first-order valence-electron chi connectivity index (χ1n) is 9.17. The Morgan fingerprint density at radius 3 is 2.54 bits per heavy atom. The third-order valence-electron chi connectivity index (χ3n) is 5.79. The molecule has 24 heavy (non-hydrogen) atoms. The van der Waals surface area contributed by atoms with Crippen molar-refractivity contribution in [3.05, 3.63) is 48.7 Å². The zero-order chi connectivity index (χ0) is 18.3. The number of methoxy groups -OCH3 is 1. The van der Waals surface area contributed by atoms with Gasteiger partial charge in [0.2, 0.25) is 5.70 Å². The Balaban J connectivity index is 3.30. The molecule has 0 aliphatic carbocycles. The molecule has 0 aromatic heterocycles. The molecular formula is C22H36NO+. The molecule has 0 radical (unpaired) electrons. The van der Waals surface area contributed by atoms with Gasteiger partial charge < -0.3 is 4.74 Å². The van der Waals surface area contributed by atoms with Crippen molar-refractivity contribution in [3.63, 3.8) is 0 Å². The lowest BCUT2D eigenvalue weighted by molar-refractivity contribution is -0.514. The molecule has 0 aromatic carbocycles. The highest BCUT2D eigenvalue weighted by Crippen LogP contribution is 2.38. The smallest absolute Gasteiger partial charge is 0.201 e. The van der Waals surface area contributed by atoms with Crippen LogP contribution in [0.1, 0.15) is 47.0 Å². The van der Waals surface area contributed by atoms with Gasteiger partial charge in [-0.25, -0.2) is 0 Å². The van der Waals surface area contributed by atoms with Crippen LogP contribution >= 0.6 is 0 Å². The minimum Gasteiger partial charge on any atom is -0.385 e. The molecular weight excluding hydrogens is 294 g/mol. The Morgan fingerprint density at radius 1 is 1.38 bits per heavy atom. The molecule has 2 heteroatoms. The van der Waals surface area contributed by atoms with E-state index in [9.17, 15) is 0 Å². The average molecular weight is 331 g/mol. The van der Waals surface area contributed by atoms with Crippen molar-refractivity contribution in [2.45, 2.75) is 53.0 Å². The van der Waals surface area contributed by atoms with Crippen molar-refractivity contribution in [1.82, 2.24) is 0 Å². The van der Waals surface area contributed by atoms with Crippen LogP contribution in [0, 0.1) is 17.8 Å². The van der Waals surface area contributed by atoms with Crippen molar-refractivity contribution < 1.29 is 9.31 Å². The van der Waals surface area contributed by atoms with Gasteiger partial charge >= 0.3 is 0 Å². The predicted octanol–water partition coefficient (Wildman–Crippen LogP) is 5.38. The Kier molecular flexibility index (Phi) is 8.41. The fourth-order valence-corrected chi connectivity index (χ4v) is 3.66. The molecule has 0 bridgehead atoms. The molecule has 1 rings (SSSR count). The van der Waals surface area contributed by atoms with Crippen LogP contribution in [0.15, 0.2) is 48.7 Å². The van der Waals surface area contributed by atoms with Gasteiger partial charge in [0.15, 0.2) is 12.3 Å². The van der Waals surface area contributed by atoms with Crippen molar-refractivity contribution in [3.8, 4) is 0 Å². The van der Waals surface area contributed by atoms with E-state index in [-0.39, 0.29) is 6.04 Å². The largest absolute Gasteiger partial charge is 0.385 e. The van der Waals surface area contributed by atoms with Gasteiger partial charge in [-0.05, 0) is 50.3 Å². The summed E-state index contributed by atoms with van der Waals surface area (Å²) in [5.74, 6) is 1.73. The minimum absolute atomic E-state index is 0.251. The average Bonchev–Trinajstić information content (AvgIpc) is 2.60. The molecule has 0 spiro atoms. The number of rotatable bonds is 8. The summed E-state index contributed by atoms with van der Waals surface area (Å²) < 4.78 is 7.58. The highest BCUT2D eigenvalue weighted by Gasteiger charge is 2.39. The van der Waals surface area contributed by atoms with E-state index in [1.165, 1.54) is 17.6 Å². The normalized spacial score (nSPS) is 27.7. The van der Waals surface area contributed by atoms with Gasteiger partial charge in [0.1, 0.15) is 0 Å². The molecule has 1 aliphatic heterocycles. The summed E-state index contributed by atoms with van der Waals surface area (Å²) in [7, 11) is 1.77. The lowest BCUT2D eigenvalue weighted by atomic mass is 9.77. The summed E-state index contributed by atoms with van der Waals surface area (Å²) in [4.78, 5) is 0. The zero-order valence-corrected chi connectivity index (χ0v) is 16.3. The summed E-state index contributed by atoms with van der Waals surface area (Å²) in [6, 6.07) is 0.251. The van der Waals surface area contributed by atoms with E-state index >= 15 is 0 Å². The van der Waals surface area contributed by atoms with Crippen molar-refractivity contribution >= 4 is 6.21 Å². The first-order valence-corrected chi connectivity index (χ1v) is 9.17. The fourth-order valence-electron chi connectivity index (χ4n) is 3.66. The molecule has 1 aliphatic rings. The number of hydrogen-bond donors (Lipinski definition) is 0. The molecule has 2 nitrogen and oxygen atoms in total. The molecule has 4 atom stereocenters. The van der Waals surface area contributed by atoms with Gasteiger partial charge in [-0.2, -0.15) is 4.58 Å². The fraction of sp³-hybridized carbons (Fsp3) is 0.591. The zero-order valence-electron chi connectivity index (χ0n) is 16.3. The second-order valence-electron chi connectivity index (χ2n) is 7.05. The van der Waals surface area contributed by atoms with E-state index < -0.39 is 0 Å². The number of allylic oxidation sites excluding steroid dienone is 3. The Bertz CT molecular complexity index is 526. The Hall–Kier alpha value is -1.41. The highest BCUT2D eigenvalue weighted by atomic mass is 16.5. The molecule has 1 saturated heterocycles. The summed E-state index contributed by atoms with van der Waals surface area (Å²) in [6.45, 7) is 22.3. The van der Waals surface area contributed by atoms with Crippen molar-refractivity contribution in [2.24, 2.45) is 17.8 Å². The van der Waals surface area contributed by atoms with Crippen LogP contribution < -0.4 is 0 Å². The van der Waals surface area contributed by atoms with Gasteiger partial charge in [-0.1, -0.05) is 45.9 Å².